The second kappa shape index (κ2) is 5.19. The van der Waals surface area contributed by atoms with Crippen molar-refractivity contribution in [2.45, 2.75) is 6.61 Å². The summed E-state index contributed by atoms with van der Waals surface area (Å²) in [6.45, 7) is -0.0850. The highest BCUT2D eigenvalue weighted by Gasteiger charge is 2.14. The van der Waals surface area contributed by atoms with Gasteiger partial charge in [-0.05, 0) is 22.6 Å². The molecule has 0 aliphatic heterocycles. The highest BCUT2D eigenvalue weighted by atomic mass is 19.1. The summed E-state index contributed by atoms with van der Waals surface area (Å²) in [5, 5.41) is 13.2. The number of aryl methyl sites for hydroxylation is 1. The SMILES string of the molecule is Cn1ccc(OCc2c(F)cccc2-n2nn[nH]c2=O)n1. The van der Waals surface area contributed by atoms with E-state index in [1.165, 1.54) is 12.1 Å². The molecule has 0 aliphatic carbocycles. The Morgan fingerprint density at radius 3 is 2.90 bits per heavy atom. The Bertz CT molecular complexity index is 821. The van der Waals surface area contributed by atoms with Crippen molar-refractivity contribution in [3.05, 3.63) is 52.3 Å². The minimum atomic E-state index is -0.556. The lowest BCUT2D eigenvalue weighted by atomic mass is 10.2. The molecule has 21 heavy (non-hydrogen) atoms. The molecule has 9 heteroatoms. The molecule has 1 N–H and O–H groups in total. The minimum Gasteiger partial charge on any atom is -0.472 e. The standard InChI is InChI=1S/C12H11FN6O2/c1-18-6-5-11(15-18)21-7-8-9(13)3-2-4-10(8)19-12(20)14-16-17-19/h2-6H,7H2,1H3,(H,14,17,20). The predicted octanol–water partition coefficient (Wildman–Crippen LogP) is 0.407. The van der Waals surface area contributed by atoms with Crippen LogP contribution in [0.5, 0.6) is 5.88 Å². The molecule has 0 radical (unpaired) electrons. The fourth-order valence-electron chi connectivity index (χ4n) is 1.86. The minimum absolute atomic E-state index is 0.0850. The van der Waals surface area contributed by atoms with Crippen molar-refractivity contribution >= 4 is 0 Å². The predicted molar refractivity (Wildman–Crippen MR) is 69.5 cm³/mol. The molecule has 0 amide bonds. The average Bonchev–Trinajstić information content (AvgIpc) is 3.06. The van der Waals surface area contributed by atoms with Gasteiger partial charge in [-0.15, -0.1) is 5.10 Å². The number of halogens is 1. The van der Waals surface area contributed by atoms with Gasteiger partial charge in [0, 0.05) is 19.3 Å². The first kappa shape index (κ1) is 13.0. The number of benzene rings is 1. The van der Waals surface area contributed by atoms with Crippen molar-refractivity contribution in [2.75, 3.05) is 0 Å². The number of nitrogens with one attached hydrogen (secondary N) is 1. The van der Waals surface area contributed by atoms with Crippen molar-refractivity contribution in [3.63, 3.8) is 0 Å². The third-order valence-electron chi connectivity index (χ3n) is 2.85. The monoisotopic (exact) mass is 290 g/mol. The third kappa shape index (κ3) is 2.53. The van der Waals surface area contributed by atoms with Gasteiger partial charge >= 0.3 is 5.69 Å². The van der Waals surface area contributed by atoms with Crippen molar-refractivity contribution in [1.29, 1.82) is 0 Å². The van der Waals surface area contributed by atoms with E-state index in [0.717, 1.165) is 4.68 Å². The number of tetrazole rings is 1. The molecule has 0 saturated heterocycles. The van der Waals surface area contributed by atoms with Gasteiger partial charge in [0.1, 0.15) is 12.4 Å². The smallest absolute Gasteiger partial charge is 0.365 e. The van der Waals surface area contributed by atoms with Crippen LogP contribution in [0.1, 0.15) is 5.56 Å². The quantitative estimate of drug-likeness (QED) is 0.751. The van der Waals surface area contributed by atoms with Gasteiger partial charge in [-0.2, -0.15) is 4.68 Å². The molecule has 2 aromatic heterocycles. The zero-order valence-electron chi connectivity index (χ0n) is 11.0. The summed E-state index contributed by atoms with van der Waals surface area (Å²) in [5.74, 6) is -0.141. The van der Waals surface area contributed by atoms with Crippen LogP contribution in [0, 0.1) is 5.82 Å². The van der Waals surface area contributed by atoms with Crippen LogP contribution in [-0.2, 0) is 13.7 Å². The first-order valence-electron chi connectivity index (χ1n) is 6.06. The van der Waals surface area contributed by atoms with Crippen LogP contribution in [0.25, 0.3) is 5.69 Å². The van der Waals surface area contributed by atoms with Gasteiger partial charge in [-0.25, -0.2) is 14.3 Å². The van der Waals surface area contributed by atoms with E-state index in [1.807, 2.05) is 0 Å². The summed E-state index contributed by atoms with van der Waals surface area (Å²) in [6, 6.07) is 5.98. The number of nitrogens with zero attached hydrogens (tertiary/aromatic N) is 5. The van der Waals surface area contributed by atoms with Crippen molar-refractivity contribution in [3.8, 4) is 11.6 Å². The Labute approximate surface area is 117 Å². The summed E-state index contributed by atoms with van der Waals surface area (Å²) < 4.78 is 22.0. The summed E-state index contributed by atoms with van der Waals surface area (Å²) >= 11 is 0. The summed E-state index contributed by atoms with van der Waals surface area (Å²) in [6.07, 6.45) is 1.71. The number of aromatic nitrogens is 6. The number of H-pyrrole nitrogens is 1. The second-order valence-corrected chi connectivity index (χ2v) is 4.27. The molecule has 0 unspecified atom stereocenters. The highest BCUT2D eigenvalue weighted by molar-refractivity contribution is 5.40. The van der Waals surface area contributed by atoms with Crippen LogP contribution in [0.2, 0.25) is 0 Å². The zero-order chi connectivity index (χ0) is 14.8. The Morgan fingerprint density at radius 1 is 1.38 bits per heavy atom. The molecule has 3 aromatic rings. The van der Waals surface area contributed by atoms with E-state index in [1.54, 1.807) is 30.1 Å². The van der Waals surface area contributed by atoms with Gasteiger partial charge in [-0.1, -0.05) is 6.07 Å². The Kier molecular flexibility index (Phi) is 3.22. The molecule has 0 fully saturated rings. The molecule has 0 bridgehead atoms. The van der Waals surface area contributed by atoms with Gasteiger partial charge in [0.15, 0.2) is 0 Å². The lowest BCUT2D eigenvalue weighted by Crippen LogP contribution is -2.18. The fourth-order valence-corrected chi connectivity index (χ4v) is 1.86. The van der Waals surface area contributed by atoms with Crippen LogP contribution in [0.3, 0.4) is 0 Å². The molecular formula is C12H11FN6O2. The summed E-state index contributed by atoms with van der Waals surface area (Å²) in [4.78, 5) is 11.6. The van der Waals surface area contributed by atoms with E-state index < -0.39 is 11.5 Å². The largest absolute Gasteiger partial charge is 0.472 e. The van der Waals surface area contributed by atoms with Crippen molar-refractivity contribution < 1.29 is 9.13 Å². The molecule has 3 rings (SSSR count). The number of aromatic amines is 1. The lowest BCUT2D eigenvalue weighted by molar-refractivity contribution is 0.284. The topological polar surface area (TPSA) is 90.6 Å². The van der Waals surface area contributed by atoms with Gasteiger partial charge < -0.3 is 4.74 Å². The van der Waals surface area contributed by atoms with Gasteiger partial charge in [0.2, 0.25) is 5.88 Å². The Balaban J connectivity index is 1.94. The average molecular weight is 290 g/mol. The fraction of sp³-hybridized carbons (Fsp3) is 0.167. The highest BCUT2D eigenvalue weighted by Crippen LogP contribution is 2.18. The van der Waals surface area contributed by atoms with E-state index in [0.29, 0.717) is 5.88 Å². The number of rotatable bonds is 4. The first-order chi connectivity index (χ1) is 10.1. The molecule has 2 heterocycles. The van der Waals surface area contributed by atoms with Crippen LogP contribution in [-0.4, -0.2) is 30.0 Å². The second-order valence-electron chi connectivity index (χ2n) is 4.27. The number of hydrogen-bond donors (Lipinski definition) is 1. The van der Waals surface area contributed by atoms with E-state index in [4.69, 9.17) is 4.74 Å². The maximum Gasteiger partial charge on any atom is 0.365 e. The van der Waals surface area contributed by atoms with Crippen LogP contribution in [0.15, 0.2) is 35.3 Å². The molecule has 1 aromatic carbocycles. The first-order valence-corrected chi connectivity index (χ1v) is 6.06. The van der Waals surface area contributed by atoms with Crippen molar-refractivity contribution in [2.24, 2.45) is 7.05 Å². The van der Waals surface area contributed by atoms with E-state index >= 15 is 0 Å². The van der Waals surface area contributed by atoms with Crippen LogP contribution >= 0.6 is 0 Å². The molecule has 8 nitrogen and oxygen atoms in total. The molecule has 0 atom stereocenters. The Hall–Kier alpha value is -2.97. The van der Waals surface area contributed by atoms with E-state index in [2.05, 4.69) is 20.6 Å². The number of hydrogen-bond acceptors (Lipinski definition) is 5. The van der Waals surface area contributed by atoms with Gasteiger partial charge in [-0.3, -0.25) is 4.68 Å². The zero-order valence-corrected chi connectivity index (χ0v) is 11.0. The normalized spacial score (nSPS) is 10.8. The molecule has 0 spiro atoms. The van der Waals surface area contributed by atoms with Crippen LogP contribution < -0.4 is 10.4 Å². The molecule has 0 aliphatic rings. The molecule has 108 valence electrons. The molecular weight excluding hydrogens is 279 g/mol. The number of ether oxygens (including phenoxy) is 1. The van der Waals surface area contributed by atoms with Crippen molar-refractivity contribution in [1.82, 2.24) is 30.0 Å². The van der Waals surface area contributed by atoms with E-state index in [-0.39, 0.29) is 17.9 Å². The van der Waals surface area contributed by atoms with E-state index in [9.17, 15) is 9.18 Å². The lowest BCUT2D eigenvalue weighted by Gasteiger charge is -2.09. The maximum atomic E-state index is 14.0. The Morgan fingerprint density at radius 2 is 2.24 bits per heavy atom. The van der Waals surface area contributed by atoms with Gasteiger partial charge in [0.25, 0.3) is 0 Å². The van der Waals surface area contributed by atoms with Crippen LogP contribution in [0.4, 0.5) is 4.39 Å². The summed E-state index contributed by atoms with van der Waals surface area (Å²) in [5.41, 5.74) is -0.0940. The summed E-state index contributed by atoms with van der Waals surface area (Å²) in [7, 11) is 1.75. The maximum absolute atomic E-state index is 14.0. The van der Waals surface area contributed by atoms with Gasteiger partial charge in [0.05, 0.1) is 11.3 Å². The molecule has 0 saturated carbocycles. The third-order valence-corrected chi connectivity index (χ3v) is 2.85.